The normalized spacial score (nSPS) is 17.4. The molecule has 0 spiro atoms. The van der Waals surface area contributed by atoms with E-state index in [-0.39, 0.29) is 11.3 Å². The summed E-state index contributed by atoms with van der Waals surface area (Å²) in [5.41, 5.74) is 0.581. The van der Waals surface area contributed by atoms with E-state index in [1.165, 1.54) is 6.26 Å². The number of rotatable bonds is 5. The van der Waals surface area contributed by atoms with Crippen LogP contribution >= 0.6 is 11.6 Å². The molecule has 2 rings (SSSR count). The van der Waals surface area contributed by atoms with Gasteiger partial charge in [-0.15, -0.1) is 11.6 Å². The highest BCUT2D eigenvalue weighted by Crippen LogP contribution is 2.48. The smallest absolute Gasteiger partial charge is 0.273 e. The number of carbonyl (C=O) groups excluding carboxylic acids is 1. The molecule has 1 N–H and O–H groups in total. The van der Waals surface area contributed by atoms with Crippen LogP contribution in [-0.2, 0) is 0 Å². The van der Waals surface area contributed by atoms with Gasteiger partial charge in [0, 0.05) is 18.5 Å². The molecule has 1 aliphatic carbocycles. The van der Waals surface area contributed by atoms with Crippen LogP contribution in [0.25, 0.3) is 0 Å². The fraction of sp³-hybridized carbons (Fsp3) is 0.600. The summed E-state index contributed by atoms with van der Waals surface area (Å²) >= 11 is 5.70. The molecule has 0 bridgehead atoms. The minimum absolute atomic E-state index is 0.176. The Kier molecular flexibility index (Phi) is 2.95. The Bertz CT molecular complexity index is 333. The average molecular weight is 229 g/mol. The molecule has 1 saturated carbocycles. The largest absolute Gasteiger partial charge is 0.364 e. The van der Waals surface area contributed by atoms with Crippen molar-refractivity contribution in [1.82, 2.24) is 10.5 Å². The van der Waals surface area contributed by atoms with E-state index in [0.717, 1.165) is 19.3 Å². The molecule has 1 heterocycles. The lowest BCUT2D eigenvalue weighted by Gasteiger charge is -2.13. The molecule has 1 amide bonds. The molecule has 0 radical (unpaired) electrons. The second-order valence-corrected chi connectivity index (χ2v) is 4.38. The monoisotopic (exact) mass is 228 g/mol. The second-order valence-electron chi connectivity index (χ2n) is 4.01. The highest BCUT2D eigenvalue weighted by Gasteiger charge is 2.41. The van der Waals surface area contributed by atoms with Crippen molar-refractivity contribution < 1.29 is 9.32 Å². The van der Waals surface area contributed by atoms with Gasteiger partial charge >= 0.3 is 0 Å². The molecule has 15 heavy (non-hydrogen) atoms. The molecule has 1 aliphatic rings. The Labute approximate surface area is 93.0 Å². The first-order chi connectivity index (χ1) is 7.26. The van der Waals surface area contributed by atoms with Crippen LogP contribution in [0.1, 0.15) is 29.8 Å². The third-order valence-electron chi connectivity index (χ3n) is 2.88. The van der Waals surface area contributed by atoms with Crippen LogP contribution in [0.2, 0.25) is 0 Å². The third kappa shape index (κ3) is 2.50. The van der Waals surface area contributed by atoms with Gasteiger partial charge in [-0.05, 0) is 24.7 Å². The SMILES string of the molecule is O=C(NCC1(CCCl)CC1)c1ccon1. The van der Waals surface area contributed by atoms with Crippen LogP contribution in [0.5, 0.6) is 0 Å². The second kappa shape index (κ2) is 4.23. The maximum Gasteiger partial charge on any atom is 0.273 e. The van der Waals surface area contributed by atoms with E-state index in [1.54, 1.807) is 6.07 Å². The van der Waals surface area contributed by atoms with Crippen LogP contribution < -0.4 is 5.32 Å². The van der Waals surface area contributed by atoms with Crippen LogP contribution in [0.4, 0.5) is 0 Å². The first-order valence-electron chi connectivity index (χ1n) is 5.00. The fourth-order valence-corrected chi connectivity index (χ4v) is 1.98. The lowest BCUT2D eigenvalue weighted by atomic mass is 10.0. The van der Waals surface area contributed by atoms with Gasteiger partial charge in [0.2, 0.25) is 0 Å². The number of nitrogens with zero attached hydrogens (tertiary/aromatic N) is 1. The maximum absolute atomic E-state index is 11.5. The predicted octanol–water partition coefficient (Wildman–Crippen LogP) is 1.81. The average Bonchev–Trinajstić information content (AvgIpc) is 2.81. The van der Waals surface area contributed by atoms with Gasteiger partial charge in [0.15, 0.2) is 5.69 Å². The lowest BCUT2D eigenvalue weighted by molar-refractivity contribution is 0.0935. The topological polar surface area (TPSA) is 55.1 Å². The minimum Gasteiger partial charge on any atom is -0.364 e. The molecule has 0 unspecified atom stereocenters. The van der Waals surface area contributed by atoms with E-state index in [0.29, 0.717) is 18.1 Å². The Morgan fingerprint density at radius 3 is 3.00 bits per heavy atom. The van der Waals surface area contributed by atoms with Crippen LogP contribution in [0.3, 0.4) is 0 Å². The Hall–Kier alpha value is -1.03. The fourth-order valence-electron chi connectivity index (χ4n) is 1.58. The van der Waals surface area contributed by atoms with Crippen molar-refractivity contribution in [3.8, 4) is 0 Å². The zero-order valence-corrected chi connectivity index (χ0v) is 9.09. The Balaban J connectivity index is 1.81. The van der Waals surface area contributed by atoms with E-state index in [9.17, 15) is 4.79 Å². The third-order valence-corrected chi connectivity index (χ3v) is 3.07. The van der Waals surface area contributed by atoms with Gasteiger partial charge in [0.25, 0.3) is 5.91 Å². The van der Waals surface area contributed by atoms with Crippen LogP contribution in [0.15, 0.2) is 16.9 Å². The van der Waals surface area contributed by atoms with Crippen molar-refractivity contribution in [2.75, 3.05) is 12.4 Å². The van der Waals surface area contributed by atoms with E-state index < -0.39 is 0 Å². The summed E-state index contributed by atoms with van der Waals surface area (Å²) in [4.78, 5) is 11.5. The Morgan fingerprint density at radius 2 is 2.47 bits per heavy atom. The van der Waals surface area contributed by atoms with Gasteiger partial charge in [-0.25, -0.2) is 0 Å². The summed E-state index contributed by atoms with van der Waals surface area (Å²) in [6.07, 6.45) is 4.66. The lowest BCUT2D eigenvalue weighted by Crippen LogP contribution is -2.30. The van der Waals surface area contributed by atoms with Crippen molar-refractivity contribution in [3.63, 3.8) is 0 Å². The molecule has 4 nitrogen and oxygen atoms in total. The van der Waals surface area contributed by atoms with E-state index >= 15 is 0 Å². The quantitative estimate of drug-likeness (QED) is 0.782. The van der Waals surface area contributed by atoms with Gasteiger partial charge < -0.3 is 9.84 Å². The van der Waals surface area contributed by atoms with Crippen molar-refractivity contribution in [1.29, 1.82) is 0 Å². The predicted molar refractivity (Wildman–Crippen MR) is 55.8 cm³/mol. The molecule has 0 aliphatic heterocycles. The minimum atomic E-state index is -0.176. The maximum atomic E-state index is 11.5. The number of nitrogens with one attached hydrogen (secondary N) is 1. The van der Waals surface area contributed by atoms with E-state index in [4.69, 9.17) is 11.6 Å². The number of aromatic nitrogens is 1. The molecule has 5 heteroatoms. The number of halogens is 1. The standard InChI is InChI=1S/C10H13ClN2O2/c11-5-4-10(2-3-10)7-12-9(14)8-1-6-15-13-8/h1,6H,2-5,7H2,(H,12,14). The first-order valence-corrected chi connectivity index (χ1v) is 5.54. The van der Waals surface area contributed by atoms with Crippen LogP contribution in [0, 0.1) is 5.41 Å². The summed E-state index contributed by atoms with van der Waals surface area (Å²) in [6, 6.07) is 1.55. The van der Waals surface area contributed by atoms with Gasteiger partial charge in [-0.2, -0.15) is 0 Å². The molecule has 0 atom stereocenters. The molecule has 0 saturated heterocycles. The van der Waals surface area contributed by atoms with Crippen molar-refractivity contribution >= 4 is 17.5 Å². The summed E-state index contributed by atoms with van der Waals surface area (Å²) < 4.78 is 4.60. The summed E-state index contributed by atoms with van der Waals surface area (Å²) in [6.45, 7) is 0.686. The summed E-state index contributed by atoms with van der Waals surface area (Å²) in [5.74, 6) is 0.476. The molecule has 1 aromatic heterocycles. The number of hydrogen-bond donors (Lipinski definition) is 1. The molecular formula is C10H13ClN2O2. The molecular weight excluding hydrogens is 216 g/mol. The molecule has 1 aromatic rings. The zero-order chi connectivity index (χ0) is 10.7. The number of hydrogen-bond acceptors (Lipinski definition) is 3. The Morgan fingerprint density at radius 1 is 1.67 bits per heavy atom. The first kappa shape index (κ1) is 10.5. The highest BCUT2D eigenvalue weighted by atomic mass is 35.5. The number of alkyl halides is 1. The van der Waals surface area contributed by atoms with Crippen molar-refractivity contribution in [3.05, 3.63) is 18.0 Å². The van der Waals surface area contributed by atoms with Crippen LogP contribution in [-0.4, -0.2) is 23.5 Å². The van der Waals surface area contributed by atoms with Crippen molar-refractivity contribution in [2.24, 2.45) is 5.41 Å². The molecule has 0 aromatic carbocycles. The van der Waals surface area contributed by atoms with Gasteiger partial charge in [0.1, 0.15) is 6.26 Å². The molecule has 82 valence electrons. The molecule has 1 fully saturated rings. The van der Waals surface area contributed by atoms with Crippen molar-refractivity contribution in [2.45, 2.75) is 19.3 Å². The summed E-state index contributed by atoms with van der Waals surface area (Å²) in [5, 5.41) is 6.42. The number of amides is 1. The van der Waals surface area contributed by atoms with E-state index in [2.05, 4.69) is 15.0 Å². The zero-order valence-electron chi connectivity index (χ0n) is 8.33. The van der Waals surface area contributed by atoms with Gasteiger partial charge in [0.05, 0.1) is 0 Å². The summed E-state index contributed by atoms with van der Waals surface area (Å²) in [7, 11) is 0. The highest BCUT2D eigenvalue weighted by molar-refractivity contribution is 6.17. The van der Waals surface area contributed by atoms with Gasteiger partial charge in [-0.3, -0.25) is 4.79 Å². The van der Waals surface area contributed by atoms with E-state index in [1.807, 2.05) is 0 Å². The van der Waals surface area contributed by atoms with Gasteiger partial charge in [-0.1, -0.05) is 5.16 Å². The number of carbonyl (C=O) groups is 1.